The van der Waals surface area contributed by atoms with Crippen molar-refractivity contribution < 1.29 is 0 Å². The summed E-state index contributed by atoms with van der Waals surface area (Å²) in [7, 11) is 0. The van der Waals surface area contributed by atoms with Crippen LogP contribution in [0.15, 0.2) is 158 Å². The molecule has 0 aliphatic carbocycles. The van der Waals surface area contributed by atoms with Crippen LogP contribution in [-0.2, 0) is 0 Å². The van der Waals surface area contributed by atoms with Crippen LogP contribution < -0.4 is 5.32 Å². The lowest BCUT2D eigenvalue weighted by atomic mass is 9.97. The fourth-order valence-corrected chi connectivity index (χ4v) is 5.94. The summed E-state index contributed by atoms with van der Waals surface area (Å²) >= 11 is 0. The van der Waals surface area contributed by atoms with E-state index < -0.39 is 0 Å². The zero-order valence-corrected chi connectivity index (χ0v) is 24.1. The van der Waals surface area contributed by atoms with Crippen molar-refractivity contribution in [3.05, 3.63) is 163 Å². The smallest absolute Gasteiger partial charge is 0.160 e. The van der Waals surface area contributed by atoms with Crippen LogP contribution in [0.3, 0.4) is 0 Å². The minimum absolute atomic E-state index is 0.711. The molecule has 3 heteroatoms. The molecule has 0 amide bonds. The molecule has 0 atom stereocenters. The zero-order chi connectivity index (χ0) is 29.3. The number of fused-ring (bicyclic) bond motifs is 2. The number of hydrogen-bond acceptors (Lipinski definition) is 3. The largest absolute Gasteiger partial charge is 0.387 e. The van der Waals surface area contributed by atoms with Crippen molar-refractivity contribution in [3.8, 4) is 45.0 Å². The summed E-state index contributed by atoms with van der Waals surface area (Å²) < 4.78 is 0. The summed E-state index contributed by atoms with van der Waals surface area (Å²) in [6.45, 7) is 0.853. The Kier molecular flexibility index (Phi) is 6.54. The van der Waals surface area contributed by atoms with Crippen LogP contribution in [0.25, 0.3) is 72.1 Å². The van der Waals surface area contributed by atoms with E-state index in [9.17, 15) is 0 Å². The Labute approximate surface area is 256 Å². The molecule has 1 aromatic heterocycles. The zero-order valence-electron chi connectivity index (χ0n) is 24.1. The third-order valence-corrected chi connectivity index (χ3v) is 8.26. The SMILES string of the molecule is C1=CC(c2cccc(-c3cc(-c4cccc(-c5ccc6ccccc6c5)c4)nc(-c4ccc5ccccc5c4)n3)c2)=CNC1. The van der Waals surface area contributed by atoms with Crippen LogP contribution in [0.1, 0.15) is 5.56 Å². The predicted octanol–water partition coefficient (Wildman–Crippen LogP) is 9.95. The molecule has 2 heterocycles. The molecule has 1 N–H and O–H groups in total. The molecule has 208 valence electrons. The van der Waals surface area contributed by atoms with E-state index in [1.807, 2.05) is 0 Å². The van der Waals surface area contributed by atoms with E-state index in [1.54, 1.807) is 0 Å². The number of rotatable bonds is 5. The molecule has 8 rings (SSSR count). The first-order chi connectivity index (χ1) is 21.8. The van der Waals surface area contributed by atoms with E-state index in [0.29, 0.717) is 5.82 Å². The summed E-state index contributed by atoms with van der Waals surface area (Å²) in [5.74, 6) is 0.711. The van der Waals surface area contributed by atoms with Crippen LogP contribution in [0.4, 0.5) is 0 Å². The lowest BCUT2D eigenvalue weighted by Gasteiger charge is -2.13. The first-order valence-corrected chi connectivity index (χ1v) is 15.0. The Bertz CT molecular complexity index is 2240. The van der Waals surface area contributed by atoms with Gasteiger partial charge in [-0.1, -0.05) is 121 Å². The van der Waals surface area contributed by atoms with Crippen molar-refractivity contribution in [1.82, 2.24) is 15.3 Å². The molecule has 44 heavy (non-hydrogen) atoms. The third-order valence-electron chi connectivity index (χ3n) is 8.26. The molecule has 0 unspecified atom stereocenters. The van der Waals surface area contributed by atoms with Crippen molar-refractivity contribution >= 4 is 27.1 Å². The van der Waals surface area contributed by atoms with Crippen LogP contribution in [-0.4, -0.2) is 16.5 Å². The van der Waals surface area contributed by atoms with Crippen molar-refractivity contribution in [2.45, 2.75) is 0 Å². The Morgan fingerprint density at radius 1 is 0.432 bits per heavy atom. The van der Waals surface area contributed by atoms with Gasteiger partial charge in [0.05, 0.1) is 11.4 Å². The highest BCUT2D eigenvalue weighted by atomic mass is 14.9. The number of nitrogens with zero attached hydrogens (tertiary/aromatic N) is 2. The van der Waals surface area contributed by atoms with Gasteiger partial charge in [0.15, 0.2) is 5.82 Å². The Morgan fingerprint density at radius 2 is 0.977 bits per heavy atom. The molecule has 0 saturated carbocycles. The van der Waals surface area contributed by atoms with E-state index in [0.717, 1.165) is 51.3 Å². The maximum absolute atomic E-state index is 5.16. The lowest BCUT2D eigenvalue weighted by molar-refractivity contribution is 0.976. The maximum Gasteiger partial charge on any atom is 0.160 e. The topological polar surface area (TPSA) is 37.8 Å². The van der Waals surface area contributed by atoms with E-state index in [1.165, 1.54) is 27.1 Å². The fraction of sp³-hybridized carbons (Fsp3) is 0.0244. The first-order valence-electron chi connectivity index (χ1n) is 15.0. The molecule has 0 fully saturated rings. The predicted molar refractivity (Wildman–Crippen MR) is 184 cm³/mol. The fourth-order valence-electron chi connectivity index (χ4n) is 5.94. The van der Waals surface area contributed by atoms with Gasteiger partial charge >= 0.3 is 0 Å². The molecule has 7 aromatic rings. The normalized spacial score (nSPS) is 12.7. The summed E-state index contributed by atoms with van der Waals surface area (Å²) in [6.07, 6.45) is 6.38. The highest BCUT2D eigenvalue weighted by Gasteiger charge is 2.13. The van der Waals surface area contributed by atoms with Crippen LogP contribution >= 0.6 is 0 Å². The molecule has 3 nitrogen and oxygen atoms in total. The van der Waals surface area contributed by atoms with Crippen molar-refractivity contribution in [1.29, 1.82) is 0 Å². The quantitative estimate of drug-likeness (QED) is 0.226. The number of dihydropyridines is 1. The van der Waals surface area contributed by atoms with Crippen molar-refractivity contribution in [2.75, 3.05) is 6.54 Å². The van der Waals surface area contributed by atoms with Gasteiger partial charge in [-0.25, -0.2) is 9.97 Å². The van der Waals surface area contributed by atoms with E-state index >= 15 is 0 Å². The number of hydrogen-bond donors (Lipinski definition) is 1. The molecule has 6 aromatic carbocycles. The van der Waals surface area contributed by atoms with Crippen LogP contribution in [0.5, 0.6) is 0 Å². The van der Waals surface area contributed by atoms with Crippen LogP contribution in [0.2, 0.25) is 0 Å². The van der Waals surface area contributed by atoms with Gasteiger partial charge in [0.1, 0.15) is 0 Å². The Morgan fingerprint density at radius 3 is 1.64 bits per heavy atom. The van der Waals surface area contributed by atoms with E-state index in [2.05, 4.69) is 163 Å². The number of aromatic nitrogens is 2. The summed E-state index contributed by atoms with van der Waals surface area (Å²) in [6, 6.07) is 49.4. The van der Waals surface area contributed by atoms with Gasteiger partial charge < -0.3 is 5.32 Å². The van der Waals surface area contributed by atoms with Gasteiger partial charge in [-0.05, 0) is 74.1 Å². The average Bonchev–Trinajstić information content (AvgIpc) is 3.11. The number of nitrogens with one attached hydrogen (secondary N) is 1. The first kappa shape index (κ1) is 25.9. The molecule has 1 aliphatic rings. The third kappa shape index (κ3) is 5.05. The van der Waals surface area contributed by atoms with E-state index in [-0.39, 0.29) is 0 Å². The van der Waals surface area contributed by atoms with Gasteiger partial charge in [-0.2, -0.15) is 0 Å². The van der Waals surface area contributed by atoms with Gasteiger partial charge in [-0.3, -0.25) is 0 Å². The number of allylic oxidation sites excluding steroid dienone is 2. The Hall–Kier alpha value is -5.80. The summed E-state index contributed by atoms with van der Waals surface area (Å²) in [5.41, 5.74) is 9.54. The van der Waals surface area contributed by atoms with Gasteiger partial charge in [0.25, 0.3) is 0 Å². The molecule has 0 radical (unpaired) electrons. The second kappa shape index (κ2) is 11.1. The summed E-state index contributed by atoms with van der Waals surface area (Å²) in [5, 5.41) is 8.17. The molecular weight excluding hydrogens is 534 g/mol. The standard InChI is InChI=1S/C41H29N3/c1-3-10-30-22-34(19-17-28(30)8-1)32-12-5-14-35(23-32)39-26-40(36-15-6-13-33(24-36)38-16-7-21-42-27-38)44-41(43-39)37-20-18-29-9-2-4-11-31(29)25-37/h1-20,22-27,42H,21H2. The summed E-state index contributed by atoms with van der Waals surface area (Å²) in [4.78, 5) is 10.3. The minimum atomic E-state index is 0.711. The van der Waals surface area contributed by atoms with Crippen molar-refractivity contribution in [3.63, 3.8) is 0 Å². The molecule has 0 saturated heterocycles. The van der Waals surface area contributed by atoms with Gasteiger partial charge in [-0.15, -0.1) is 0 Å². The van der Waals surface area contributed by atoms with Gasteiger partial charge in [0, 0.05) is 29.4 Å². The van der Waals surface area contributed by atoms with Gasteiger partial charge in [0.2, 0.25) is 0 Å². The minimum Gasteiger partial charge on any atom is -0.387 e. The molecule has 0 bridgehead atoms. The highest BCUT2D eigenvalue weighted by Crippen LogP contribution is 2.33. The lowest BCUT2D eigenvalue weighted by Crippen LogP contribution is -2.08. The second-order valence-electron chi connectivity index (χ2n) is 11.2. The molecule has 1 aliphatic heterocycles. The Balaban J connectivity index is 1.27. The van der Waals surface area contributed by atoms with Crippen LogP contribution in [0, 0.1) is 0 Å². The molecular formula is C41H29N3. The van der Waals surface area contributed by atoms with Crippen molar-refractivity contribution in [2.24, 2.45) is 0 Å². The monoisotopic (exact) mass is 563 g/mol. The second-order valence-corrected chi connectivity index (χ2v) is 11.2. The maximum atomic E-state index is 5.16. The molecule has 0 spiro atoms. The number of benzene rings is 6. The average molecular weight is 564 g/mol. The highest BCUT2D eigenvalue weighted by molar-refractivity contribution is 5.89. The van der Waals surface area contributed by atoms with E-state index in [4.69, 9.17) is 9.97 Å².